The lowest BCUT2D eigenvalue weighted by atomic mass is 10.1. The van der Waals surface area contributed by atoms with E-state index in [0.717, 1.165) is 0 Å². The summed E-state index contributed by atoms with van der Waals surface area (Å²) >= 11 is 6.01. The van der Waals surface area contributed by atoms with Crippen LogP contribution in [0.4, 0.5) is 5.69 Å². The predicted molar refractivity (Wildman–Crippen MR) is 71.7 cm³/mol. The number of nitro benzene ring substituents is 1. The maximum atomic E-state index is 11.3. The molecule has 2 aromatic rings. The van der Waals surface area contributed by atoms with Gasteiger partial charge in [0.15, 0.2) is 5.69 Å². The Morgan fingerprint density at radius 2 is 2.10 bits per heavy atom. The van der Waals surface area contributed by atoms with Crippen LogP contribution in [0.15, 0.2) is 18.2 Å². The first kappa shape index (κ1) is 14.0. The van der Waals surface area contributed by atoms with Gasteiger partial charge in [-0.3, -0.25) is 10.1 Å². The fourth-order valence-electron chi connectivity index (χ4n) is 1.92. The van der Waals surface area contributed by atoms with Gasteiger partial charge in [-0.1, -0.05) is 17.7 Å². The molecular formula is C12H10ClN3O4. The molecule has 0 saturated heterocycles. The van der Waals surface area contributed by atoms with E-state index < -0.39 is 10.9 Å². The third kappa shape index (κ3) is 2.12. The summed E-state index contributed by atoms with van der Waals surface area (Å²) in [6.45, 7) is 3.26. The lowest BCUT2D eigenvalue weighted by molar-refractivity contribution is -0.384. The normalized spacial score (nSPS) is 10.6. The third-order valence-electron chi connectivity index (χ3n) is 2.86. The average Bonchev–Trinajstić information content (AvgIpc) is 2.65. The molecule has 0 spiro atoms. The molecule has 8 heteroatoms. The Kier molecular flexibility index (Phi) is 3.46. The predicted octanol–water partition coefficient (Wildman–Crippen LogP) is 2.75. The van der Waals surface area contributed by atoms with Crippen LogP contribution in [0.25, 0.3) is 5.69 Å². The Hall–Kier alpha value is -2.41. The summed E-state index contributed by atoms with van der Waals surface area (Å²) < 4.78 is 1.19. The molecule has 0 saturated carbocycles. The number of halogens is 1. The fourth-order valence-corrected chi connectivity index (χ4v) is 2.03. The smallest absolute Gasteiger partial charge is 0.338 e. The monoisotopic (exact) mass is 295 g/mol. The number of rotatable bonds is 3. The molecule has 0 atom stereocenters. The molecule has 1 aromatic heterocycles. The van der Waals surface area contributed by atoms with Crippen molar-refractivity contribution in [1.82, 2.24) is 9.78 Å². The van der Waals surface area contributed by atoms with E-state index in [0.29, 0.717) is 16.4 Å². The van der Waals surface area contributed by atoms with Gasteiger partial charge in [0.05, 0.1) is 26.9 Å². The highest BCUT2D eigenvalue weighted by Gasteiger charge is 2.26. The Labute approximate surface area is 118 Å². The van der Waals surface area contributed by atoms with Crippen molar-refractivity contribution >= 4 is 23.3 Å². The first-order valence-corrected chi connectivity index (χ1v) is 5.95. The van der Waals surface area contributed by atoms with Crippen LogP contribution in [0.5, 0.6) is 0 Å². The number of aromatic nitrogens is 2. The van der Waals surface area contributed by atoms with Crippen molar-refractivity contribution in [2.75, 3.05) is 0 Å². The topological polar surface area (TPSA) is 98.3 Å². The first-order valence-electron chi connectivity index (χ1n) is 5.57. The van der Waals surface area contributed by atoms with E-state index in [1.54, 1.807) is 13.8 Å². The van der Waals surface area contributed by atoms with E-state index >= 15 is 0 Å². The van der Waals surface area contributed by atoms with E-state index in [1.165, 1.54) is 22.9 Å². The van der Waals surface area contributed by atoms with Gasteiger partial charge in [0.2, 0.25) is 0 Å². The maximum Gasteiger partial charge on any atom is 0.338 e. The largest absolute Gasteiger partial charge is 0.478 e. The number of nitrogens with zero attached hydrogens (tertiary/aromatic N) is 3. The van der Waals surface area contributed by atoms with Gasteiger partial charge in [0, 0.05) is 6.07 Å². The zero-order valence-electron chi connectivity index (χ0n) is 10.6. The molecule has 0 bridgehead atoms. The molecule has 0 aliphatic carbocycles. The van der Waals surface area contributed by atoms with Crippen molar-refractivity contribution in [3.8, 4) is 5.69 Å². The molecule has 1 aromatic carbocycles. The molecule has 0 amide bonds. The van der Waals surface area contributed by atoms with Gasteiger partial charge in [0.25, 0.3) is 5.69 Å². The number of hydrogen-bond donors (Lipinski definition) is 1. The van der Waals surface area contributed by atoms with Gasteiger partial charge >= 0.3 is 5.97 Å². The first-order chi connectivity index (χ1) is 9.34. The van der Waals surface area contributed by atoms with E-state index in [9.17, 15) is 20.0 Å². The molecule has 104 valence electrons. The number of hydrogen-bond acceptors (Lipinski definition) is 4. The molecule has 0 aliphatic heterocycles. The number of aryl methyl sites for hydroxylation is 1. The van der Waals surface area contributed by atoms with Crippen molar-refractivity contribution in [2.24, 2.45) is 0 Å². The zero-order chi connectivity index (χ0) is 15.0. The van der Waals surface area contributed by atoms with Gasteiger partial charge in [-0.25, -0.2) is 9.48 Å². The van der Waals surface area contributed by atoms with Gasteiger partial charge in [-0.2, -0.15) is 5.10 Å². The summed E-state index contributed by atoms with van der Waals surface area (Å²) in [7, 11) is 0. The van der Waals surface area contributed by atoms with E-state index in [-0.39, 0.29) is 16.9 Å². The van der Waals surface area contributed by atoms with Crippen LogP contribution in [0.1, 0.15) is 21.7 Å². The van der Waals surface area contributed by atoms with E-state index in [1.807, 2.05) is 0 Å². The van der Waals surface area contributed by atoms with Crippen LogP contribution in [-0.4, -0.2) is 25.8 Å². The SMILES string of the molecule is Cc1nn(-c2c(C(=O)O)cccc2[N+](=O)[O-])c(C)c1Cl. The Morgan fingerprint density at radius 1 is 1.45 bits per heavy atom. The van der Waals surface area contributed by atoms with Crippen LogP contribution in [0, 0.1) is 24.0 Å². The molecule has 7 nitrogen and oxygen atoms in total. The van der Waals surface area contributed by atoms with E-state index in [4.69, 9.17) is 11.6 Å². The lowest BCUT2D eigenvalue weighted by Gasteiger charge is -2.08. The van der Waals surface area contributed by atoms with Crippen LogP contribution >= 0.6 is 11.6 Å². The highest BCUT2D eigenvalue weighted by atomic mass is 35.5. The number of carbonyl (C=O) groups is 1. The number of carboxylic acid groups (broad SMARTS) is 1. The molecule has 20 heavy (non-hydrogen) atoms. The second kappa shape index (κ2) is 4.93. The Balaban J connectivity index is 2.86. The fraction of sp³-hybridized carbons (Fsp3) is 0.167. The Bertz CT molecular complexity index is 691. The summed E-state index contributed by atoms with van der Waals surface area (Å²) in [5.41, 5.74) is 0.269. The van der Waals surface area contributed by atoms with Crippen LogP contribution in [0.3, 0.4) is 0 Å². The number of nitro groups is 1. The molecular weight excluding hydrogens is 286 g/mol. The summed E-state index contributed by atoms with van der Waals surface area (Å²) in [5, 5.41) is 24.7. The van der Waals surface area contributed by atoms with Gasteiger partial charge in [-0.15, -0.1) is 0 Å². The van der Waals surface area contributed by atoms with Crippen LogP contribution in [-0.2, 0) is 0 Å². The minimum absolute atomic E-state index is 0.0995. The average molecular weight is 296 g/mol. The minimum Gasteiger partial charge on any atom is -0.478 e. The number of para-hydroxylation sites is 1. The molecule has 0 radical (unpaired) electrons. The van der Waals surface area contributed by atoms with E-state index in [2.05, 4.69) is 5.10 Å². The molecule has 0 aliphatic rings. The number of carboxylic acids is 1. The summed E-state index contributed by atoms with van der Waals surface area (Å²) in [5.74, 6) is -1.27. The van der Waals surface area contributed by atoms with Crippen molar-refractivity contribution in [2.45, 2.75) is 13.8 Å². The summed E-state index contributed by atoms with van der Waals surface area (Å²) in [4.78, 5) is 21.7. The maximum absolute atomic E-state index is 11.3. The highest BCUT2D eigenvalue weighted by molar-refractivity contribution is 6.31. The molecule has 0 unspecified atom stereocenters. The highest BCUT2D eigenvalue weighted by Crippen LogP contribution is 2.30. The summed E-state index contributed by atoms with van der Waals surface area (Å²) in [6.07, 6.45) is 0. The van der Waals surface area contributed by atoms with Crippen LogP contribution in [0.2, 0.25) is 5.02 Å². The Morgan fingerprint density at radius 3 is 2.55 bits per heavy atom. The molecule has 2 rings (SSSR count). The van der Waals surface area contributed by atoms with Crippen LogP contribution < -0.4 is 0 Å². The summed E-state index contributed by atoms with van der Waals surface area (Å²) in [6, 6.07) is 3.83. The van der Waals surface area contributed by atoms with Gasteiger partial charge < -0.3 is 5.11 Å². The number of aromatic carboxylic acids is 1. The van der Waals surface area contributed by atoms with Crippen molar-refractivity contribution in [3.05, 3.63) is 50.3 Å². The van der Waals surface area contributed by atoms with Gasteiger partial charge in [-0.05, 0) is 19.9 Å². The lowest BCUT2D eigenvalue weighted by Crippen LogP contribution is -2.10. The third-order valence-corrected chi connectivity index (χ3v) is 3.40. The zero-order valence-corrected chi connectivity index (χ0v) is 11.4. The number of benzene rings is 1. The van der Waals surface area contributed by atoms with Gasteiger partial charge in [0.1, 0.15) is 0 Å². The second-order valence-electron chi connectivity index (χ2n) is 4.13. The van der Waals surface area contributed by atoms with Crippen molar-refractivity contribution < 1.29 is 14.8 Å². The quantitative estimate of drug-likeness (QED) is 0.693. The minimum atomic E-state index is -1.27. The van der Waals surface area contributed by atoms with Crippen molar-refractivity contribution in [1.29, 1.82) is 0 Å². The molecule has 0 fully saturated rings. The molecule has 1 heterocycles. The molecule has 1 N–H and O–H groups in total. The second-order valence-corrected chi connectivity index (χ2v) is 4.51. The standard InChI is InChI=1S/C12H10ClN3O4/c1-6-10(13)7(2)15(14-6)11-8(12(17)18)4-3-5-9(11)16(19)20/h3-5H,1-2H3,(H,17,18). The van der Waals surface area contributed by atoms with Crippen molar-refractivity contribution in [3.63, 3.8) is 0 Å².